The van der Waals surface area contributed by atoms with Crippen molar-refractivity contribution in [1.82, 2.24) is 4.98 Å². The Morgan fingerprint density at radius 1 is 1.67 bits per heavy atom. The summed E-state index contributed by atoms with van der Waals surface area (Å²) < 4.78 is 10.1. The summed E-state index contributed by atoms with van der Waals surface area (Å²) in [6.07, 6.45) is 1.22. The van der Waals surface area contributed by atoms with Crippen molar-refractivity contribution in [2.45, 2.75) is 12.8 Å². The molecule has 0 spiro atoms. The van der Waals surface area contributed by atoms with E-state index in [1.54, 1.807) is 14.4 Å². The van der Waals surface area contributed by atoms with Gasteiger partial charge >= 0.3 is 44.0 Å². The number of carbonyl (C=O) groups excluding carboxylic acids is 1. The Balaban J connectivity index is 0.00000120. The molecule has 0 N–H and O–H groups in total. The van der Waals surface area contributed by atoms with Crippen molar-refractivity contribution >= 4 is 32.0 Å². The van der Waals surface area contributed by atoms with Crippen LogP contribution in [0.25, 0.3) is 0 Å². The minimum atomic E-state index is -1.25. The second-order valence-corrected chi connectivity index (χ2v) is 3.88. The maximum atomic E-state index is 10.6. The molecule has 1 aromatic heterocycles. The first-order chi connectivity index (χ1) is 8.15. The molecule has 1 aromatic rings. The number of aromatic nitrogens is 1. The summed E-state index contributed by atoms with van der Waals surface area (Å²) in [7, 11) is 1.67. The number of carboxylic acids is 1. The van der Waals surface area contributed by atoms with E-state index in [4.69, 9.17) is 9.31 Å². The van der Waals surface area contributed by atoms with E-state index >= 15 is 0 Å². The van der Waals surface area contributed by atoms with Crippen molar-refractivity contribution in [3.63, 3.8) is 0 Å². The van der Waals surface area contributed by atoms with Gasteiger partial charge in [-0.3, -0.25) is 0 Å². The van der Waals surface area contributed by atoms with E-state index in [0.717, 1.165) is 0 Å². The maximum absolute atomic E-state index is 10.6. The number of hydrogen-bond donors (Lipinski definition) is 0. The van der Waals surface area contributed by atoms with Gasteiger partial charge in [-0.1, -0.05) is 0 Å². The van der Waals surface area contributed by atoms with Gasteiger partial charge in [-0.25, -0.2) is 9.98 Å². The van der Waals surface area contributed by atoms with Crippen LogP contribution >= 0.6 is 0 Å². The van der Waals surface area contributed by atoms with E-state index in [-0.39, 0.29) is 47.9 Å². The van der Waals surface area contributed by atoms with Gasteiger partial charge < -0.3 is 19.2 Å². The van der Waals surface area contributed by atoms with Gasteiger partial charge in [0.2, 0.25) is 0 Å². The molecule has 1 atom stereocenters. The molecule has 6 nitrogen and oxygen atoms in total. The summed E-state index contributed by atoms with van der Waals surface area (Å²) >= 11 is 0. The molecular formula is C9H6B2N2NaO4. The maximum Gasteiger partial charge on any atom is 1.00 e. The van der Waals surface area contributed by atoms with Crippen LogP contribution in [-0.2, 0) is 9.31 Å². The number of nitrogens with zero attached hydrogens (tertiary/aromatic N) is 2. The molecule has 1 radical (unpaired) electrons. The normalized spacial score (nSPS) is 21.7. The molecule has 2 aliphatic heterocycles. The quantitative estimate of drug-likeness (QED) is 0.401. The fourth-order valence-electron chi connectivity index (χ4n) is 1.48. The zero-order valence-corrected chi connectivity index (χ0v) is 11.9. The fourth-order valence-corrected chi connectivity index (χ4v) is 1.48. The van der Waals surface area contributed by atoms with Crippen molar-refractivity contribution in [1.29, 1.82) is 0 Å². The smallest absolute Gasteiger partial charge is 0.545 e. The number of aromatic carboxylic acids is 1. The number of rotatable bonds is 3. The van der Waals surface area contributed by atoms with Crippen LogP contribution in [0.15, 0.2) is 17.3 Å². The minimum absolute atomic E-state index is 0. The molecule has 18 heavy (non-hydrogen) atoms. The van der Waals surface area contributed by atoms with Gasteiger partial charge in [0, 0.05) is 11.8 Å². The SMILES string of the molecule is Cc1cc(C(=O)[O-])cnc1N=C1OB1C1[B]O1.[Na+]. The molecule has 0 aliphatic carbocycles. The molecule has 3 heterocycles. The summed E-state index contributed by atoms with van der Waals surface area (Å²) in [6.45, 7) is 1.63. The predicted octanol–water partition coefficient (Wildman–Crippen LogP) is -4.14. The molecule has 0 aromatic carbocycles. The van der Waals surface area contributed by atoms with Gasteiger partial charge in [0.15, 0.2) is 11.6 Å². The Kier molecular flexibility index (Phi) is 3.82. The first kappa shape index (κ1) is 13.6. The fraction of sp³-hybridized carbons (Fsp3) is 0.222. The van der Waals surface area contributed by atoms with Gasteiger partial charge in [-0.2, -0.15) is 0 Å². The first-order valence-electron chi connectivity index (χ1n) is 5.07. The minimum Gasteiger partial charge on any atom is -0.545 e. The molecule has 2 fully saturated rings. The van der Waals surface area contributed by atoms with E-state index < -0.39 is 5.97 Å². The average Bonchev–Trinajstić information content (AvgIpc) is 3.12. The molecule has 0 bridgehead atoms. The van der Waals surface area contributed by atoms with Crippen LogP contribution < -0.4 is 34.7 Å². The van der Waals surface area contributed by atoms with Crippen molar-refractivity contribution < 1.29 is 48.8 Å². The molecular weight excluding hydrogens is 245 g/mol. The zero-order valence-electron chi connectivity index (χ0n) is 9.91. The Hall–Kier alpha value is -0.820. The van der Waals surface area contributed by atoms with Crippen LogP contribution in [0.1, 0.15) is 15.9 Å². The Bertz CT molecular complexity index is 535. The van der Waals surface area contributed by atoms with E-state index in [1.165, 1.54) is 12.3 Å². The molecule has 0 amide bonds. The summed E-state index contributed by atoms with van der Waals surface area (Å²) in [6, 6.07) is 1.47. The molecule has 1 unspecified atom stereocenters. The van der Waals surface area contributed by atoms with Gasteiger partial charge in [0.25, 0.3) is 0 Å². The van der Waals surface area contributed by atoms with Crippen LogP contribution in [-0.4, -0.2) is 37.1 Å². The van der Waals surface area contributed by atoms with Crippen molar-refractivity contribution in [2.24, 2.45) is 4.99 Å². The second-order valence-electron chi connectivity index (χ2n) is 3.88. The van der Waals surface area contributed by atoms with Crippen LogP contribution in [0.4, 0.5) is 5.82 Å². The predicted molar refractivity (Wildman–Crippen MR) is 57.9 cm³/mol. The van der Waals surface area contributed by atoms with Crippen molar-refractivity contribution in [3.8, 4) is 0 Å². The Morgan fingerprint density at radius 3 is 2.94 bits per heavy atom. The molecule has 9 heteroatoms. The third kappa shape index (κ3) is 2.77. The monoisotopic (exact) mass is 251 g/mol. The number of aliphatic imine (C=N–C) groups is 1. The first-order valence-corrected chi connectivity index (χ1v) is 5.07. The van der Waals surface area contributed by atoms with Gasteiger partial charge in [0.05, 0.1) is 11.9 Å². The molecule has 2 saturated heterocycles. The Labute approximate surface area is 126 Å². The Morgan fingerprint density at radius 2 is 2.39 bits per heavy atom. The van der Waals surface area contributed by atoms with Crippen LogP contribution in [0.5, 0.6) is 0 Å². The average molecular weight is 251 g/mol. The van der Waals surface area contributed by atoms with Crippen LogP contribution in [0.3, 0.4) is 0 Å². The topological polar surface area (TPSA) is 90.4 Å². The number of aryl methyl sites for hydroxylation is 1. The van der Waals surface area contributed by atoms with Crippen molar-refractivity contribution in [3.05, 3.63) is 23.4 Å². The molecule has 83 valence electrons. The number of carboxylic acid groups (broad SMARTS) is 1. The summed E-state index contributed by atoms with van der Waals surface area (Å²) in [4.78, 5) is 18.8. The van der Waals surface area contributed by atoms with E-state index in [1.807, 2.05) is 0 Å². The third-order valence-corrected chi connectivity index (χ3v) is 2.53. The second kappa shape index (κ2) is 5.05. The van der Waals surface area contributed by atoms with Crippen LogP contribution in [0, 0.1) is 6.92 Å². The van der Waals surface area contributed by atoms with Crippen molar-refractivity contribution in [2.75, 3.05) is 0 Å². The molecule has 3 rings (SSSR count). The molecule has 2 aliphatic rings. The third-order valence-electron chi connectivity index (χ3n) is 2.53. The van der Waals surface area contributed by atoms with E-state index in [0.29, 0.717) is 17.2 Å². The van der Waals surface area contributed by atoms with Crippen LogP contribution in [0.2, 0.25) is 0 Å². The number of carbonyl (C=O) groups is 1. The van der Waals surface area contributed by atoms with Gasteiger partial charge in [-0.15, -0.1) is 0 Å². The molecule has 0 saturated carbocycles. The number of hydrogen-bond acceptors (Lipinski definition) is 6. The van der Waals surface area contributed by atoms with Gasteiger partial charge in [0.1, 0.15) is 0 Å². The summed E-state index contributed by atoms with van der Waals surface area (Å²) in [5, 5.41) is 10.6. The van der Waals surface area contributed by atoms with E-state index in [2.05, 4.69) is 9.98 Å². The van der Waals surface area contributed by atoms with E-state index in [9.17, 15) is 9.90 Å². The standard InChI is InChI=1S/C9H7B2N2O4.Na/c1-4-2-5(7(14)15)3-12-6(4)13-9-11(17-9)8-10-16-8;/h2-3,8H,1H3,(H,14,15);/q;+1/p-1. The summed E-state index contributed by atoms with van der Waals surface area (Å²) in [5.74, 6) is -0.216. The number of pyridine rings is 1. The zero-order chi connectivity index (χ0) is 12.0. The summed E-state index contributed by atoms with van der Waals surface area (Å²) in [5.41, 5.74) is 0.702. The van der Waals surface area contributed by atoms with Gasteiger partial charge in [-0.05, 0) is 18.6 Å². The largest absolute Gasteiger partial charge is 1.00 e.